The SMILES string of the molecule is c1ccc2cc(-c3c4ccccc4c(-c4c5sc6ccccc6c5cc5sc6ccccc6c45)c4ccccc34)ccc2c1. The quantitative estimate of drug-likeness (QED) is 0.175. The molecule has 0 aliphatic heterocycles. The minimum Gasteiger partial charge on any atom is -0.135 e. The van der Waals surface area contributed by atoms with E-state index in [1.807, 2.05) is 22.7 Å². The molecule has 0 nitrogen and oxygen atoms in total. The standard InChI is InChI=1S/C42H24S2/c1-2-12-26-23-27(22-21-25(26)11-1)38-29-14-3-5-16-31(29)39(32-17-6-4-15-30(32)38)41-40-33-18-8-10-20-36(33)43-37(40)24-34-28-13-7-9-19-35(28)44-42(34)41/h1-24H. The third-order valence-corrected chi connectivity index (χ3v) is 11.6. The van der Waals surface area contributed by atoms with E-state index >= 15 is 0 Å². The molecule has 0 unspecified atom stereocenters. The largest absolute Gasteiger partial charge is 0.135 e. The van der Waals surface area contributed by atoms with Crippen molar-refractivity contribution in [3.63, 3.8) is 0 Å². The van der Waals surface area contributed by atoms with Crippen LogP contribution in [-0.4, -0.2) is 0 Å². The van der Waals surface area contributed by atoms with Crippen LogP contribution in [0.3, 0.4) is 0 Å². The molecule has 0 atom stereocenters. The van der Waals surface area contributed by atoms with E-state index < -0.39 is 0 Å². The number of thiophene rings is 2. The number of fused-ring (bicyclic) bond motifs is 9. The first-order valence-corrected chi connectivity index (χ1v) is 16.7. The van der Waals surface area contributed by atoms with Gasteiger partial charge in [-0.3, -0.25) is 0 Å². The fourth-order valence-electron chi connectivity index (χ4n) is 7.36. The van der Waals surface area contributed by atoms with Crippen LogP contribution < -0.4 is 0 Å². The lowest BCUT2D eigenvalue weighted by Gasteiger charge is -2.19. The van der Waals surface area contributed by atoms with E-state index in [0.717, 1.165) is 0 Å². The molecule has 2 heterocycles. The van der Waals surface area contributed by atoms with Gasteiger partial charge in [0.05, 0.1) is 0 Å². The van der Waals surface area contributed by atoms with Crippen molar-refractivity contribution in [2.45, 2.75) is 0 Å². The lowest BCUT2D eigenvalue weighted by Crippen LogP contribution is -1.91. The summed E-state index contributed by atoms with van der Waals surface area (Å²) in [7, 11) is 0. The number of rotatable bonds is 2. The molecule has 0 aliphatic carbocycles. The van der Waals surface area contributed by atoms with Crippen LogP contribution in [0.2, 0.25) is 0 Å². The van der Waals surface area contributed by atoms with Gasteiger partial charge in [-0.15, -0.1) is 22.7 Å². The van der Waals surface area contributed by atoms with Gasteiger partial charge < -0.3 is 0 Å². The van der Waals surface area contributed by atoms with Gasteiger partial charge in [-0.1, -0.05) is 121 Å². The van der Waals surface area contributed by atoms with Gasteiger partial charge in [0.1, 0.15) is 0 Å². The molecule has 0 saturated heterocycles. The number of hydrogen-bond acceptors (Lipinski definition) is 2. The van der Waals surface area contributed by atoms with Gasteiger partial charge in [-0.05, 0) is 73.3 Å². The van der Waals surface area contributed by atoms with Crippen molar-refractivity contribution in [1.82, 2.24) is 0 Å². The molecule has 204 valence electrons. The third-order valence-electron chi connectivity index (χ3n) is 9.23. The Labute approximate surface area is 262 Å². The second kappa shape index (κ2) is 9.24. The van der Waals surface area contributed by atoms with E-state index in [1.165, 1.54) is 94.9 Å². The molecule has 10 rings (SSSR count). The zero-order chi connectivity index (χ0) is 28.8. The topological polar surface area (TPSA) is 0 Å². The predicted molar refractivity (Wildman–Crippen MR) is 196 cm³/mol. The van der Waals surface area contributed by atoms with Gasteiger partial charge in [0.25, 0.3) is 0 Å². The molecule has 0 bridgehead atoms. The second-order valence-corrected chi connectivity index (χ2v) is 13.7. The molecule has 0 saturated carbocycles. The molecule has 0 N–H and O–H groups in total. The average molecular weight is 593 g/mol. The van der Waals surface area contributed by atoms with E-state index in [1.54, 1.807) is 0 Å². The Kier molecular flexibility index (Phi) is 5.13. The van der Waals surface area contributed by atoms with Gasteiger partial charge in [-0.25, -0.2) is 0 Å². The zero-order valence-electron chi connectivity index (χ0n) is 23.7. The first kappa shape index (κ1) is 24.4. The molecule has 0 radical (unpaired) electrons. The van der Waals surface area contributed by atoms with Crippen molar-refractivity contribution in [1.29, 1.82) is 0 Å². The van der Waals surface area contributed by atoms with Crippen molar-refractivity contribution in [2.24, 2.45) is 0 Å². The molecule has 2 heteroatoms. The highest BCUT2D eigenvalue weighted by molar-refractivity contribution is 7.28. The molecule has 8 aromatic carbocycles. The fraction of sp³-hybridized carbons (Fsp3) is 0. The Morgan fingerprint density at radius 3 is 1.57 bits per heavy atom. The van der Waals surface area contributed by atoms with Crippen LogP contribution >= 0.6 is 22.7 Å². The summed E-state index contributed by atoms with van der Waals surface area (Å²) < 4.78 is 5.40. The number of benzene rings is 8. The van der Waals surface area contributed by atoms with Crippen molar-refractivity contribution in [3.05, 3.63) is 146 Å². The van der Waals surface area contributed by atoms with Crippen molar-refractivity contribution in [2.75, 3.05) is 0 Å². The normalized spacial score (nSPS) is 12.1. The Bertz CT molecular complexity index is 2710. The first-order valence-electron chi connectivity index (χ1n) is 15.0. The van der Waals surface area contributed by atoms with Gasteiger partial charge in [0, 0.05) is 45.9 Å². The van der Waals surface area contributed by atoms with Gasteiger partial charge in [0.2, 0.25) is 0 Å². The van der Waals surface area contributed by atoms with Crippen LogP contribution in [-0.2, 0) is 0 Å². The summed E-state index contributed by atoms with van der Waals surface area (Å²) in [4.78, 5) is 0. The molecule has 0 fully saturated rings. The fourth-order valence-corrected chi connectivity index (χ4v) is 9.75. The molecular weight excluding hydrogens is 569 g/mol. The third kappa shape index (κ3) is 3.38. The molecule has 0 aliphatic rings. The molecule has 0 amide bonds. The average Bonchev–Trinajstić information content (AvgIpc) is 3.64. The lowest BCUT2D eigenvalue weighted by molar-refractivity contribution is 1.70. The van der Waals surface area contributed by atoms with E-state index in [9.17, 15) is 0 Å². The van der Waals surface area contributed by atoms with Crippen LogP contribution in [0, 0.1) is 0 Å². The summed E-state index contributed by atoms with van der Waals surface area (Å²) in [5.74, 6) is 0. The highest BCUT2D eigenvalue weighted by Crippen LogP contribution is 2.53. The smallest absolute Gasteiger partial charge is 0.0441 e. The summed E-state index contributed by atoms with van der Waals surface area (Å²) >= 11 is 3.85. The molecule has 0 spiro atoms. The zero-order valence-corrected chi connectivity index (χ0v) is 25.3. The maximum absolute atomic E-state index is 2.45. The maximum Gasteiger partial charge on any atom is 0.0441 e. The van der Waals surface area contributed by atoms with E-state index in [-0.39, 0.29) is 0 Å². The molecular formula is C42H24S2. The minimum absolute atomic E-state index is 1.26. The van der Waals surface area contributed by atoms with Crippen LogP contribution in [0.1, 0.15) is 0 Å². The van der Waals surface area contributed by atoms with Crippen molar-refractivity contribution < 1.29 is 0 Å². The van der Waals surface area contributed by atoms with Gasteiger partial charge >= 0.3 is 0 Å². The Hall–Kier alpha value is -5.02. The monoisotopic (exact) mass is 592 g/mol. The first-order chi connectivity index (χ1) is 21.8. The predicted octanol–water partition coefficient (Wildman–Crippen LogP) is 13.2. The Morgan fingerprint density at radius 1 is 0.318 bits per heavy atom. The Balaban J connectivity index is 1.44. The van der Waals surface area contributed by atoms with Crippen LogP contribution in [0.15, 0.2) is 146 Å². The maximum atomic E-state index is 2.45. The molecule has 10 aromatic rings. The summed E-state index contributed by atoms with van der Waals surface area (Å²) in [6.45, 7) is 0. The van der Waals surface area contributed by atoms with Crippen LogP contribution in [0.25, 0.3) is 94.9 Å². The summed E-state index contributed by atoms with van der Waals surface area (Å²) in [6, 6.07) is 54.0. The van der Waals surface area contributed by atoms with E-state index in [0.29, 0.717) is 0 Å². The number of hydrogen-bond donors (Lipinski definition) is 0. The lowest BCUT2D eigenvalue weighted by atomic mass is 9.84. The van der Waals surface area contributed by atoms with Gasteiger partial charge in [-0.2, -0.15) is 0 Å². The van der Waals surface area contributed by atoms with Crippen LogP contribution in [0.4, 0.5) is 0 Å². The van der Waals surface area contributed by atoms with Gasteiger partial charge in [0.15, 0.2) is 0 Å². The minimum atomic E-state index is 1.26. The second-order valence-electron chi connectivity index (χ2n) is 11.6. The summed E-state index contributed by atoms with van der Waals surface area (Å²) in [6.07, 6.45) is 0. The van der Waals surface area contributed by atoms with Crippen molar-refractivity contribution >= 4 is 95.3 Å². The van der Waals surface area contributed by atoms with E-state index in [4.69, 9.17) is 0 Å². The Morgan fingerprint density at radius 2 is 0.864 bits per heavy atom. The molecule has 44 heavy (non-hydrogen) atoms. The summed E-state index contributed by atoms with van der Waals surface area (Å²) in [5, 5.41) is 13.1. The van der Waals surface area contributed by atoms with Crippen LogP contribution in [0.5, 0.6) is 0 Å². The highest BCUT2D eigenvalue weighted by Gasteiger charge is 2.23. The van der Waals surface area contributed by atoms with Crippen molar-refractivity contribution in [3.8, 4) is 22.3 Å². The molecule has 2 aromatic heterocycles. The highest BCUT2D eigenvalue weighted by atomic mass is 32.1. The van der Waals surface area contributed by atoms with E-state index in [2.05, 4.69) is 146 Å². The summed E-state index contributed by atoms with van der Waals surface area (Å²) in [5.41, 5.74) is 5.27.